The highest BCUT2D eigenvalue weighted by Gasteiger charge is 2.54. The number of carbonyl (C=O) groups excluding carboxylic acids is 1. The van der Waals surface area contributed by atoms with Gasteiger partial charge in [-0.1, -0.05) is 12.1 Å². The van der Waals surface area contributed by atoms with Crippen molar-refractivity contribution in [2.75, 3.05) is 19.8 Å². The summed E-state index contributed by atoms with van der Waals surface area (Å²) < 4.78 is 40.2. The summed E-state index contributed by atoms with van der Waals surface area (Å²) >= 11 is 0. The van der Waals surface area contributed by atoms with Crippen molar-refractivity contribution in [2.45, 2.75) is 105 Å². The van der Waals surface area contributed by atoms with Gasteiger partial charge in [0.1, 0.15) is 61.0 Å². The number of phenols is 4. The lowest BCUT2D eigenvalue weighted by Gasteiger charge is -2.48. The van der Waals surface area contributed by atoms with Gasteiger partial charge in [-0.05, 0) is 54.8 Å². The van der Waals surface area contributed by atoms with Crippen molar-refractivity contribution in [3.05, 3.63) is 53.6 Å². The summed E-state index contributed by atoms with van der Waals surface area (Å²) in [6.07, 6.45) is -23.1. The van der Waals surface area contributed by atoms with E-state index in [4.69, 9.17) is 33.2 Å². The molecule has 3 heterocycles. The van der Waals surface area contributed by atoms with E-state index < -0.39 is 123 Å². The van der Waals surface area contributed by atoms with Crippen LogP contribution in [0.4, 0.5) is 0 Å². The van der Waals surface area contributed by atoms with Gasteiger partial charge in [0.15, 0.2) is 48.0 Å². The van der Waals surface area contributed by atoms with E-state index in [1.807, 2.05) is 0 Å². The number of benzene rings is 2. The first-order chi connectivity index (χ1) is 26.1. The maximum Gasteiger partial charge on any atom is 0.331 e. The van der Waals surface area contributed by atoms with Crippen molar-refractivity contribution in [3.63, 3.8) is 0 Å². The highest BCUT2D eigenvalue weighted by molar-refractivity contribution is 5.87. The maximum absolute atomic E-state index is 13.1. The summed E-state index contributed by atoms with van der Waals surface area (Å²) in [5.74, 6) is -2.65. The standard InChI is InChI=1S/C35H46O20/c1-14-24(43)27(46)32(55-34-28(47)26(45)25(44)21(12-36)51-34)35(50-14)54-31-29(48)33(49-9-8-16-3-6-18(39)20(41)11-16)52-22(13-37)30(31)53-23(42)7-4-15-2-5-17(38)19(40)10-15/h2-7,10-11,14,21-22,24-41,43-48H,8-9,12-13H2,1H3/t14-,21+,22+,24+,25-,26+,27-,28-,29+,30+,31-,32-,33+,34+,35-/m0/s1. The van der Waals surface area contributed by atoms with E-state index in [0.717, 1.165) is 12.1 Å². The molecule has 3 aliphatic heterocycles. The average molecular weight is 787 g/mol. The van der Waals surface area contributed by atoms with Gasteiger partial charge in [-0.15, -0.1) is 0 Å². The van der Waals surface area contributed by atoms with Crippen LogP contribution in [-0.2, 0) is 44.4 Å². The van der Waals surface area contributed by atoms with Gasteiger partial charge < -0.3 is 94.4 Å². The highest BCUT2D eigenvalue weighted by atomic mass is 16.8. The first-order valence-electron chi connectivity index (χ1n) is 17.2. The van der Waals surface area contributed by atoms with Crippen LogP contribution >= 0.6 is 0 Å². The summed E-state index contributed by atoms with van der Waals surface area (Å²) in [4.78, 5) is 13.1. The predicted octanol–water partition coefficient (Wildman–Crippen LogP) is -3.19. The Kier molecular flexibility index (Phi) is 14.3. The van der Waals surface area contributed by atoms with E-state index in [0.29, 0.717) is 5.56 Å². The molecular formula is C35H46O20. The van der Waals surface area contributed by atoms with Gasteiger partial charge in [0, 0.05) is 6.08 Å². The molecule has 5 rings (SSSR count). The minimum Gasteiger partial charge on any atom is -0.504 e. The Balaban J connectivity index is 1.41. The molecule has 0 saturated carbocycles. The molecule has 3 fully saturated rings. The third kappa shape index (κ3) is 9.82. The lowest BCUT2D eigenvalue weighted by Crippen LogP contribution is -2.66. The Morgan fingerprint density at radius 3 is 1.95 bits per heavy atom. The van der Waals surface area contributed by atoms with Crippen molar-refractivity contribution in [1.82, 2.24) is 0 Å². The summed E-state index contributed by atoms with van der Waals surface area (Å²) in [7, 11) is 0. The zero-order valence-electron chi connectivity index (χ0n) is 29.2. The molecule has 2 aromatic carbocycles. The monoisotopic (exact) mass is 786 g/mol. The number of aliphatic hydroxyl groups is 8. The molecule has 306 valence electrons. The molecular weight excluding hydrogens is 740 g/mol. The van der Waals surface area contributed by atoms with Crippen LogP contribution in [0, 0.1) is 0 Å². The zero-order valence-corrected chi connectivity index (χ0v) is 29.2. The molecule has 0 aliphatic carbocycles. The highest BCUT2D eigenvalue weighted by Crippen LogP contribution is 2.35. The van der Waals surface area contributed by atoms with Crippen LogP contribution in [0.2, 0.25) is 0 Å². The SMILES string of the molecule is C[C@@H]1O[C@@H](O[C@H]2[C@@H](O)[C@H](OCCc3ccc(O)c(O)c3)O[C@H](CO)[C@H]2OC(=O)C=Cc2ccc(O)c(O)c2)[C@@H](O[C@H]2O[C@H](CO)[C@H](O)[C@@H](O)[C@@H]2O)[C@@H](O)[C@@H]1O. The second-order valence-electron chi connectivity index (χ2n) is 13.2. The number of esters is 1. The van der Waals surface area contributed by atoms with Gasteiger partial charge in [0.25, 0.3) is 0 Å². The average Bonchev–Trinajstić information content (AvgIpc) is 3.16. The van der Waals surface area contributed by atoms with Crippen LogP contribution in [0.25, 0.3) is 6.08 Å². The summed E-state index contributed by atoms with van der Waals surface area (Å²) in [5, 5.41) is 123. The topological polar surface area (TPSA) is 324 Å². The fourth-order valence-electron chi connectivity index (χ4n) is 6.22. The van der Waals surface area contributed by atoms with Gasteiger partial charge in [-0.3, -0.25) is 0 Å². The zero-order chi connectivity index (χ0) is 40.1. The van der Waals surface area contributed by atoms with E-state index in [1.54, 1.807) is 0 Å². The Morgan fingerprint density at radius 1 is 0.655 bits per heavy atom. The van der Waals surface area contributed by atoms with Crippen LogP contribution in [0.5, 0.6) is 23.0 Å². The van der Waals surface area contributed by atoms with Gasteiger partial charge in [-0.25, -0.2) is 4.79 Å². The summed E-state index contributed by atoms with van der Waals surface area (Å²) in [6, 6.07) is 7.79. The second-order valence-corrected chi connectivity index (χ2v) is 13.2. The fourth-order valence-corrected chi connectivity index (χ4v) is 6.22. The molecule has 0 aromatic heterocycles. The minimum atomic E-state index is -1.95. The van der Waals surface area contributed by atoms with Gasteiger partial charge in [0.05, 0.1) is 25.9 Å². The van der Waals surface area contributed by atoms with E-state index in [1.165, 1.54) is 43.3 Å². The molecule has 0 unspecified atom stereocenters. The van der Waals surface area contributed by atoms with Crippen molar-refractivity contribution in [1.29, 1.82) is 0 Å². The van der Waals surface area contributed by atoms with E-state index in [9.17, 15) is 66.1 Å². The van der Waals surface area contributed by atoms with Crippen molar-refractivity contribution in [3.8, 4) is 23.0 Å². The van der Waals surface area contributed by atoms with E-state index in [2.05, 4.69) is 0 Å². The fraction of sp³-hybridized carbons (Fsp3) is 0.571. The van der Waals surface area contributed by atoms with Crippen LogP contribution in [0.3, 0.4) is 0 Å². The quantitative estimate of drug-likeness (QED) is 0.0541. The first kappa shape index (κ1) is 42.4. The predicted molar refractivity (Wildman–Crippen MR) is 180 cm³/mol. The number of ether oxygens (including phenoxy) is 7. The Morgan fingerprint density at radius 2 is 1.29 bits per heavy atom. The third-order valence-corrected chi connectivity index (χ3v) is 9.39. The van der Waals surface area contributed by atoms with Crippen LogP contribution < -0.4 is 0 Å². The number of hydrogen-bond donors (Lipinski definition) is 12. The van der Waals surface area contributed by atoms with Crippen LogP contribution in [0.15, 0.2) is 42.5 Å². The number of phenolic OH excluding ortho intramolecular Hbond substituents is 4. The van der Waals surface area contributed by atoms with E-state index in [-0.39, 0.29) is 30.1 Å². The molecule has 20 heteroatoms. The van der Waals surface area contributed by atoms with Gasteiger partial charge in [0.2, 0.25) is 0 Å². The second kappa shape index (κ2) is 18.5. The van der Waals surface area contributed by atoms with Crippen molar-refractivity contribution in [2.24, 2.45) is 0 Å². The number of rotatable bonds is 13. The first-order valence-corrected chi connectivity index (χ1v) is 17.2. The van der Waals surface area contributed by atoms with Crippen LogP contribution in [0.1, 0.15) is 18.1 Å². The van der Waals surface area contributed by atoms with E-state index >= 15 is 0 Å². The number of aliphatic hydroxyl groups excluding tert-OH is 8. The molecule has 20 nitrogen and oxygen atoms in total. The molecule has 2 aromatic rings. The lowest BCUT2D eigenvalue weighted by atomic mass is 9.96. The Bertz CT molecular complexity index is 1610. The Labute approximate surface area is 313 Å². The normalized spacial score (nSPS) is 36.9. The molecule has 15 atom stereocenters. The number of aromatic hydroxyl groups is 4. The molecule has 12 N–H and O–H groups in total. The molecule has 3 saturated heterocycles. The number of carbonyl (C=O) groups is 1. The number of hydrogen-bond acceptors (Lipinski definition) is 20. The molecule has 0 amide bonds. The van der Waals surface area contributed by atoms with Gasteiger partial charge >= 0.3 is 5.97 Å². The van der Waals surface area contributed by atoms with Gasteiger partial charge in [-0.2, -0.15) is 0 Å². The van der Waals surface area contributed by atoms with Crippen LogP contribution in [-0.4, -0.2) is 179 Å². The third-order valence-electron chi connectivity index (χ3n) is 9.39. The smallest absolute Gasteiger partial charge is 0.331 e. The van der Waals surface area contributed by atoms with Crippen molar-refractivity contribution >= 4 is 12.0 Å². The summed E-state index contributed by atoms with van der Waals surface area (Å²) in [5.41, 5.74) is 0.803. The molecule has 3 aliphatic rings. The minimum absolute atomic E-state index is 0.133. The van der Waals surface area contributed by atoms with Crippen molar-refractivity contribution < 1.29 is 99.2 Å². The molecule has 0 bridgehead atoms. The summed E-state index contributed by atoms with van der Waals surface area (Å²) in [6.45, 7) is -0.439. The Hall–Kier alpha value is -3.71. The lowest BCUT2D eigenvalue weighted by molar-refractivity contribution is -0.386. The maximum atomic E-state index is 13.1. The molecule has 0 radical (unpaired) electrons. The molecule has 0 spiro atoms. The largest absolute Gasteiger partial charge is 0.504 e. The molecule has 55 heavy (non-hydrogen) atoms.